The molecule has 0 spiro atoms. The number of nitrogens with one attached hydrogen (secondary N) is 1. The van der Waals surface area contributed by atoms with Crippen molar-refractivity contribution >= 4 is 11.8 Å². The largest absolute Gasteiger partial charge is 0.371 e. The number of piperazine rings is 1. The van der Waals surface area contributed by atoms with Gasteiger partial charge in [-0.25, -0.2) is 0 Å². The summed E-state index contributed by atoms with van der Waals surface area (Å²) in [4.78, 5) is 26.8. The van der Waals surface area contributed by atoms with Crippen molar-refractivity contribution in [2.24, 2.45) is 5.92 Å². The van der Waals surface area contributed by atoms with Crippen LogP contribution in [0.1, 0.15) is 54.4 Å². The lowest BCUT2D eigenvalue weighted by Gasteiger charge is -2.46. The van der Waals surface area contributed by atoms with Crippen LogP contribution in [-0.4, -0.2) is 46.5 Å². The second-order valence-electron chi connectivity index (χ2n) is 7.74. The molecule has 0 aliphatic carbocycles. The predicted octanol–water partition coefficient (Wildman–Crippen LogP) is 1.71. The van der Waals surface area contributed by atoms with Gasteiger partial charge in [-0.05, 0) is 46.5 Å². The average molecular weight is 296 g/mol. The highest BCUT2D eigenvalue weighted by atomic mass is 16.5. The maximum absolute atomic E-state index is 12.7. The molecule has 0 aromatic heterocycles. The van der Waals surface area contributed by atoms with Crippen LogP contribution in [-0.2, 0) is 14.3 Å². The topological polar surface area (TPSA) is 58.6 Å². The van der Waals surface area contributed by atoms with Gasteiger partial charge >= 0.3 is 0 Å². The molecule has 5 heteroatoms. The van der Waals surface area contributed by atoms with E-state index >= 15 is 0 Å². The van der Waals surface area contributed by atoms with Gasteiger partial charge in [-0.15, -0.1) is 0 Å². The monoisotopic (exact) mass is 296 g/mol. The zero-order valence-corrected chi connectivity index (χ0v) is 14.0. The highest BCUT2D eigenvalue weighted by Crippen LogP contribution is 2.32. The summed E-state index contributed by atoms with van der Waals surface area (Å²) in [6.07, 6.45) is 1.93. The van der Waals surface area contributed by atoms with Gasteiger partial charge in [-0.1, -0.05) is 13.8 Å². The molecule has 2 saturated heterocycles. The molecule has 2 heterocycles. The van der Waals surface area contributed by atoms with Gasteiger partial charge in [0.15, 0.2) is 0 Å². The van der Waals surface area contributed by atoms with E-state index in [-0.39, 0.29) is 29.4 Å². The van der Waals surface area contributed by atoms with Crippen LogP contribution in [0.15, 0.2) is 0 Å². The van der Waals surface area contributed by atoms with Crippen LogP contribution in [0.3, 0.4) is 0 Å². The Morgan fingerprint density at radius 3 is 2.38 bits per heavy atom. The Morgan fingerprint density at radius 1 is 1.29 bits per heavy atom. The third-order valence-corrected chi connectivity index (χ3v) is 4.66. The Morgan fingerprint density at radius 2 is 1.90 bits per heavy atom. The summed E-state index contributed by atoms with van der Waals surface area (Å²) in [5.74, 6) is 0.00181. The molecule has 120 valence electrons. The number of amides is 2. The summed E-state index contributed by atoms with van der Waals surface area (Å²) < 4.78 is 6.00. The summed E-state index contributed by atoms with van der Waals surface area (Å²) in [5, 5.41) is 2.86. The van der Waals surface area contributed by atoms with Crippen molar-refractivity contribution in [2.75, 3.05) is 6.54 Å². The van der Waals surface area contributed by atoms with Crippen LogP contribution in [0.2, 0.25) is 0 Å². The van der Waals surface area contributed by atoms with E-state index in [0.717, 1.165) is 12.8 Å². The molecule has 2 aliphatic rings. The van der Waals surface area contributed by atoms with Gasteiger partial charge < -0.3 is 15.0 Å². The summed E-state index contributed by atoms with van der Waals surface area (Å²) in [5.41, 5.74) is -0.952. The molecule has 0 bridgehead atoms. The van der Waals surface area contributed by atoms with E-state index in [1.165, 1.54) is 0 Å². The molecular formula is C16H28N2O3. The molecule has 0 saturated carbocycles. The maximum atomic E-state index is 12.7. The molecule has 2 unspecified atom stereocenters. The zero-order valence-electron chi connectivity index (χ0n) is 14.0. The summed E-state index contributed by atoms with van der Waals surface area (Å²) >= 11 is 0. The highest BCUT2D eigenvalue weighted by Gasteiger charge is 2.48. The fourth-order valence-corrected chi connectivity index (χ4v) is 3.13. The van der Waals surface area contributed by atoms with Crippen molar-refractivity contribution in [3.05, 3.63) is 0 Å². The Hall–Kier alpha value is -1.10. The molecule has 0 aromatic rings. The highest BCUT2D eigenvalue weighted by molar-refractivity contribution is 5.99. The van der Waals surface area contributed by atoms with Crippen molar-refractivity contribution in [1.82, 2.24) is 10.2 Å². The SMILES string of the molecule is CC(C)C1NC(=O)C(C)(C)N(CC2CCC(C)(C)O2)C1=O. The normalized spacial score (nSPS) is 31.7. The zero-order chi connectivity index (χ0) is 16.0. The quantitative estimate of drug-likeness (QED) is 0.862. The Balaban J connectivity index is 2.17. The number of hydrogen-bond donors (Lipinski definition) is 1. The van der Waals surface area contributed by atoms with Crippen molar-refractivity contribution in [3.8, 4) is 0 Å². The molecule has 2 aliphatic heterocycles. The third kappa shape index (κ3) is 3.07. The van der Waals surface area contributed by atoms with E-state index in [4.69, 9.17) is 4.74 Å². The molecule has 5 nitrogen and oxygen atoms in total. The molecule has 2 amide bonds. The number of rotatable bonds is 3. The van der Waals surface area contributed by atoms with E-state index < -0.39 is 11.6 Å². The van der Waals surface area contributed by atoms with Gasteiger partial charge in [-0.3, -0.25) is 9.59 Å². The Labute approximate surface area is 127 Å². The minimum absolute atomic E-state index is 0.00269. The summed E-state index contributed by atoms with van der Waals surface area (Å²) in [7, 11) is 0. The average Bonchev–Trinajstić information content (AvgIpc) is 2.69. The number of nitrogens with zero attached hydrogens (tertiary/aromatic N) is 1. The lowest BCUT2D eigenvalue weighted by molar-refractivity contribution is -0.159. The van der Waals surface area contributed by atoms with Crippen molar-refractivity contribution in [1.29, 1.82) is 0 Å². The van der Waals surface area contributed by atoms with Gasteiger partial charge in [0.05, 0.1) is 11.7 Å². The van der Waals surface area contributed by atoms with Crippen LogP contribution in [0.4, 0.5) is 0 Å². The van der Waals surface area contributed by atoms with E-state index in [1.54, 1.807) is 18.7 Å². The molecule has 2 rings (SSSR count). The van der Waals surface area contributed by atoms with Crippen LogP contribution in [0, 0.1) is 5.92 Å². The maximum Gasteiger partial charge on any atom is 0.246 e. The van der Waals surface area contributed by atoms with Crippen LogP contribution >= 0.6 is 0 Å². The molecular weight excluding hydrogens is 268 g/mol. The fraction of sp³-hybridized carbons (Fsp3) is 0.875. The minimum atomic E-state index is -0.821. The van der Waals surface area contributed by atoms with E-state index in [0.29, 0.717) is 6.54 Å². The Kier molecular flexibility index (Phi) is 4.08. The van der Waals surface area contributed by atoms with Gasteiger partial charge in [-0.2, -0.15) is 0 Å². The molecule has 1 N–H and O–H groups in total. The molecule has 0 aromatic carbocycles. The minimum Gasteiger partial charge on any atom is -0.371 e. The van der Waals surface area contributed by atoms with Crippen molar-refractivity contribution in [2.45, 2.75) is 77.7 Å². The van der Waals surface area contributed by atoms with Gasteiger partial charge in [0, 0.05) is 6.54 Å². The first-order valence-corrected chi connectivity index (χ1v) is 7.85. The third-order valence-electron chi connectivity index (χ3n) is 4.66. The van der Waals surface area contributed by atoms with Gasteiger partial charge in [0.25, 0.3) is 0 Å². The van der Waals surface area contributed by atoms with Crippen LogP contribution < -0.4 is 5.32 Å². The predicted molar refractivity (Wildman–Crippen MR) is 80.7 cm³/mol. The molecule has 0 radical (unpaired) electrons. The molecule has 2 atom stereocenters. The van der Waals surface area contributed by atoms with Crippen molar-refractivity contribution < 1.29 is 14.3 Å². The smallest absolute Gasteiger partial charge is 0.246 e. The lowest BCUT2D eigenvalue weighted by atomic mass is 9.91. The number of carbonyl (C=O) groups is 2. The second kappa shape index (κ2) is 5.27. The van der Waals surface area contributed by atoms with Crippen molar-refractivity contribution in [3.63, 3.8) is 0 Å². The second-order valence-corrected chi connectivity index (χ2v) is 7.74. The van der Waals surface area contributed by atoms with Crippen LogP contribution in [0.25, 0.3) is 0 Å². The summed E-state index contributed by atoms with van der Waals surface area (Å²) in [6.45, 7) is 12.1. The van der Waals surface area contributed by atoms with E-state index in [2.05, 4.69) is 19.2 Å². The van der Waals surface area contributed by atoms with E-state index in [1.807, 2.05) is 13.8 Å². The first kappa shape index (κ1) is 16.3. The van der Waals surface area contributed by atoms with Gasteiger partial charge in [0.1, 0.15) is 11.6 Å². The number of hydrogen-bond acceptors (Lipinski definition) is 3. The van der Waals surface area contributed by atoms with Gasteiger partial charge in [0.2, 0.25) is 11.8 Å². The molecule has 21 heavy (non-hydrogen) atoms. The fourth-order valence-electron chi connectivity index (χ4n) is 3.13. The first-order chi connectivity index (χ1) is 9.54. The standard InChI is InChI=1S/C16H28N2O3/c1-10(2)12-13(19)18(16(5,6)14(20)17-12)9-11-7-8-15(3,4)21-11/h10-12H,7-9H2,1-6H3,(H,17,20). The molecule has 2 fully saturated rings. The summed E-state index contributed by atoms with van der Waals surface area (Å²) in [6, 6.07) is -0.431. The Bertz CT molecular complexity index is 443. The van der Waals surface area contributed by atoms with Crippen LogP contribution in [0.5, 0.6) is 0 Å². The first-order valence-electron chi connectivity index (χ1n) is 7.85. The number of carbonyl (C=O) groups excluding carboxylic acids is 2. The lowest BCUT2D eigenvalue weighted by Crippen LogP contribution is -2.70. The van der Waals surface area contributed by atoms with E-state index in [9.17, 15) is 9.59 Å². The number of ether oxygens (including phenoxy) is 1.